The van der Waals surface area contributed by atoms with Crippen LogP contribution < -0.4 is 5.32 Å². The molecule has 1 N–H and O–H groups in total. The summed E-state index contributed by atoms with van der Waals surface area (Å²) in [5.74, 6) is 0.472. The lowest BCUT2D eigenvalue weighted by Gasteiger charge is -2.05. The molecule has 4 rings (SSSR count). The number of carbonyl (C=O) groups is 1. The fourth-order valence-electron chi connectivity index (χ4n) is 2.48. The van der Waals surface area contributed by atoms with Crippen molar-refractivity contribution in [3.05, 3.63) is 65.3 Å². The van der Waals surface area contributed by atoms with Gasteiger partial charge < -0.3 is 14.3 Å². The van der Waals surface area contributed by atoms with Gasteiger partial charge in [-0.05, 0) is 30.3 Å². The molecule has 0 bridgehead atoms. The van der Waals surface area contributed by atoms with E-state index >= 15 is 0 Å². The lowest BCUT2D eigenvalue weighted by Crippen LogP contribution is -2.13. The van der Waals surface area contributed by atoms with E-state index in [4.69, 9.17) is 20.5 Å². The number of aryl methyl sites for hydroxylation is 1. The van der Waals surface area contributed by atoms with Crippen LogP contribution in [0.4, 0.5) is 10.1 Å². The molecule has 0 atom stereocenters. The summed E-state index contributed by atoms with van der Waals surface area (Å²) in [5, 5.41) is 14.9. The molecule has 31 heavy (non-hydrogen) atoms. The second-order valence-electron chi connectivity index (χ2n) is 6.17. The molecule has 0 aliphatic carbocycles. The lowest BCUT2D eigenvalue weighted by atomic mass is 10.2. The molecular weight excluding hydrogens is 447 g/mol. The second kappa shape index (κ2) is 9.67. The summed E-state index contributed by atoms with van der Waals surface area (Å²) in [7, 11) is 0. The minimum Gasteiger partial charge on any atom is -0.411 e. The zero-order valence-corrected chi connectivity index (χ0v) is 17.4. The standard InChI is InChI=1S/C19H14ClFN6O3S/c20-12-1-2-14(13(21)9-12)23-16(28)3-4-17-24-15(27-30-17)10-31-19-26-25-18(29-19)11-5-7-22-8-6-11/h1-2,5-9H,3-4,10H2,(H,23,28). The van der Waals surface area contributed by atoms with E-state index in [1.165, 1.54) is 23.9 Å². The van der Waals surface area contributed by atoms with Crippen LogP contribution in [0.3, 0.4) is 0 Å². The van der Waals surface area contributed by atoms with Crippen LogP contribution in [0.2, 0.25) is 5.02 Å². The molecule has 0 saturated carbocycles. The summed E-state index contributed by atoms with van der Waals surface area (Å²) in [6.45, 7) is 0. The maximum absolute atomic E-state index is 13.7. The number of hydrogen-bond acceptors (Lipinski definition) is 9. The van der Waals surface area contributed by atoms with Gasteiger partial charge in [-0.3, -0.25) is 9.78 Å². The molecule has 0 unspecified atom stereocenters. The first-order chi connectivity index (χ1) is 15.1. The van der Waals surface area contributed by atoms with E-state index in [1.807, 2.05) is 0 Å². The highest BCUT2D eigenvalue weighted by molar-refractivity contribution is 7.98. The van der Waals surface area contributed by atoms with Crippen molar-refractivity contribution < 1.29 is 18.1 Å². The summed E-state index contributed by atoms with van der Waals surface area (Å²) in [6.07, 6.45) is 3.54. The minimum absolute atomic E-state index is 0.0514. The topological polar surface area (TPSA) is 120 Å². The number of pyridine rings is 1. The average molecular weight is 461 g/mol. The van der Waals surface area contributed by atoms with E-state index in [1.54, 1.807) is 24.5 Å². The largest absolute Gasteiger partial charge is 0.411 e. The van der Waals surface area contributed by atoms with Crippen LogP contribution in [-0.2, 0) is 17.0 Å². The van der Waals surface area contributed by atoms with Gasteiger partial charge >= 0.3 is 0 Å². The number of thioether (sulfide) groups is 1. The summed E-state index contributed by atoms with van der Waals surface area (Å²) in [6, 6.07) is 7.55. The highest BCUT2D eigenvalue weighted by atomic mass is 35.5. The number of aromatic nitrogens is 5. The first-order valence-corrected chi connectivity index (χ1v) is 10.4. The van der Waals surface area contributed by atoms with Crippen LogP contribution >= 0.6 is 23.4 Å². The third-order valence-corrected chi connectivity index (χ3v) is 4.99. The Morgan fingerprint density at radius 3 is 2.84 bits per heavy atom. The molecule has 0 aliphatic heterocycles. The van der Waals surface area contributed by atoms with Gasteiger partial charge in [0.25, 0.3) is 5.22 Å². The fourth-order valence-corrected chi connectivity index (χ4v) is 3.24. The van der Waals surface area contributed by atoms with Gasteiger partial charge in [0.05, 0.1) is 11.4 Å². The van der Waals surface area contributed by atoms with E-state index < -0.39 is 5.82 Å². The van der Waals surface area contributed by atoms with E-state index in [9.17, 15) is 9.18 Å². The molecule has 1 aromatic carbocycles. The number of anilines is 1. The predicted octanol–water partition coefficient (Wildman–Crippen LogP) is 4.17. The summed E-state index contributed by atoms with van der Waals surface area (Å²) in [4.78, 5) is 20.2. The van der Waals surface area contributed by atoms with Crippen molar-refractivity contribution in [1.82, 2.24) is 25.3 Å². The fraction of sp³-hybridized carbons (Fsp3) is 0.158. The first-order valence-electron chi connectivity index (χ1n) is 9.00. The average Bonchev–Trinajstić information content (AvgIpc) is 3.43. The SMILES string of the molecule is O=C(CCc1nc(CSc2nnc(-c3ccncc3)o2)no1)Nc1ccc(Cl)cc1F. The van der Waals surface area contributed by atoms with Crippen LogP contribution in [-0.4, -0.2) is 31.2 Å². The number of amides is 1. The molecule has 4 aromatic rings. The zero-order chi connectivity index (χ0) is 21.6. The van der Waals surface area contributed by atoms with Crippen LogP contribution in [0.25, 0.3) is 11.5 Å². The molecular formula is C19H14ClFN6O3S. The van der Waals surface area contributed by atoms with Gasteiger partial charge in [-0.2, -0.15) is 4.98 Å². The summed E-state index contributed by atoms with van der Waals surface area (Å²) < 4.78 is 24.5. The highest BCUT2D eigenvalue weighted by Crippen LogP contribution is 2.24. The van der Waals surface area contributed by atoms with E-state index in [-0.39, 0.29) is 29.5 Å². The highest BCUT2D eigenvalue weighted by Gasteiger charge is 2.14. The van der Waals surface area contributed by atoms with Crippen molar-refractivity contribution in [2.75, 3.05) is 5.32 Å². The Bertz CT molecular complexity index is 1190. The number of benzene rings is 1. The van der Waals surface area contributed by atoms with Crippen molar-refractivity contribution >= 4 is 35.0 Å². The molecule has 12 heteroatoms. The van der Waals surface area contributed by atoms with Crippen molar-refractivity contribution in [2.24, 2.45) is 0 Å². The predicted molar refractivity (Wildman–Crippen MR) is 110 cm³/mol. The zero-order valence-electron chi connectivity index (χ0n) is 15.8. The lowest BCUT2D eigenvalue weighted by molar-refractivity contribution is -0.116. The number of carbonyl (C=O) groups excluding carboxylic acids is 1. The van der Waals surface area contributed by atoms with Crippen LogP contribution in [0.1, 0.15) is 18.1 Å². The Hall–Kier alpha value is -3.31. The van der Waals surface area contributed by atoms with Crippen LogP contribution in [0.5, 0.6) is 0 Å². The molecule has 0 radical (unpaired) electrons. The maximum Gasteiger partial charge on any atom is 0.277 e. The Morgan fingerprint density at radius 2 is 2.03 bits per heavy atom. The van der Waals surface area contributed by atoms with Gasteiger partial charge in [-0.25, -0.2) is 4.39 Å². The Balaban J connectivity index is 1.26. The van der Waals surface area contributed by atoms with Gasteiger partial charge in [0.15, 0.2) is 5.82 Å². The molecule has 0 aliphatic rings. The van der Waals surface area contributed by atoms with Crippen molar-refractivity contribution in [2.45, 2.75) is 23.8 Å². The number of halogens is 2. The molecule has 158 valence electrons. The van der Waals surface area contributed by atoms with E-state index in [2.05, 4.69) is 30.6 Å². The van der Waals surface area contributed by atoms with Gasteiger partial charge in [0.2, 0.25) is 17.7 Å². The van der Waals surface area contributed by atoms with Crippen molar-refractivity contribution in [3.63, 3.8) is 0 Å². The molecule has 3 heterocycles. The van der Waals surface area contributed by atoms with Gasteiger partial charge in [-0.15, -0.1) is 10.2 Å². The molecule has 1 amide bonds. The molecule has 3 aromatic heterocycles. The first kappa shape index (κ1) is 20.9. The third-order valence-electron chi connectivity index (χ3n) is 3.94. The molecule has 0 fully saturated rings. The molecule has 9 nitrogen and oxygen atoms in total. The monoisotopic (exact) mass is 460 g/mol. The Morgan fingerprint density at radius 1 is 1.19 bits per heavy atom. The molecule has 0 saturated heterocycles. The van der Waals surface area contributed by atoms with E-state index in [0.29, 0.717) is 28.6 Å². The number of hydrogen-bond donors (Lipinski definition) is 1. The number of rotatable bonds is 8. The van der Waals surface area contributed by atoms with Gasteiger partial charge in [0, 0.05) is 35.8 Å². The van der Waals surface area contributed by atoms with Gasteiger partial charge in [-0.1, -0.05) is 28.5 Å². The summed E-state index contributed by atoms with van der Waals surface area (Å²) >= 11 is 6.95. The minimum atomic E-state index is -0.605. The molecule has 0 spiro atoms. The quantitative estimate of drug-likeness (QED) is 0.386. The third kappa shape index (κ3) is 5.64. The Kier molecular flexibility index (Phi) is 6.53. The van der Waals surface area contributed by atoms with Crippen LogP contribution in [0.15, 0.2) is 56.9 Å². The second-order valence-corrected chi connectivity index (χ2v) is 7.54. The Labute approximate surface area is 184 Å². The maximum atomic E-state index is 13.7. The van der Waals surface area contributed by atoms with Crippen LogP contribution in [0, 0.1) is 5.82 Å². The summed E-state index contributed by atoms with van der Waals surface area (Å²) in [5.41, 5.74) is 0.829. The smallest absolute Gasteiger partial charge is 0.277 e. The van der Waals surface area contributed by atoms with Crippen molar-refractivity contribution in [1.29, 1.82) is 0 Å². The number of nitrogens with one attached hydrogen (secondary N) is 1. The van der Waals surface area contributed by atoms with E-state index in [0.717, 1.165) is 11.6 Å². The normalized spacial score (nSPS) is 10.9. The number of nitrogens with zero attached hydrogens (tertiary/aromatic N) is 5. The van der Waals surface area contributed by atoms with Gasteiger partial charge in [0.1, 0.15) is 5.82 Å². The van der Waals surface area contributed by atoms with Crippen molar-refractivity contribution in [3.8, 4) is 11.5 Å².